The molecule has 19 heavy (non-hydrogen) atoms. The number of nitrogens with zero attached hydrogens (tertiary/aromatic N) is 2. The number of ketones is 1. The number of para-hydroxylation sites is 1. The van der Waals surface area contributed by atoms with Crippen molar-refractivity contribution in [2.45, 2.75) is 11.3 Å². The molecule has 0 saturated carbocycles. The first-order valence-corrected chi connectivity index (χ1v) is 7.52. The van der Waals surface area contributed by atoms with Gasteiger partial charge in [-0.05, 0) is 24.5 Å². The Kier molecular flexibility index (Phi) is 3.35. The number of nitrogens with one attached hydrogen (secondary N) is 1. The SMILES string of the molecule is Cc1nsc(SCC(=O)c2c[nH]c3ccccc23)n1. The first kappa shape index (κ1) is 12.4. The third-order valence-electron chi connectivity index (χ3n) is 2.73. The summed E-state index contributed by atoms with van der Waals surface area (Å²) >= 11 is 2.77. The Morgan fingerprint density at radius 3 is 3.05 bits per heavy atom. The Morgan fingerprint density at radius 2 is 2.26 bits per heavy atom. The van der Waals surface area contributed by atoms with E-state index >= 15 is 0 Å². The van der Waals surface area contributed by atoms with Crippen LogP contribution < -0.4 is 0 Å². The van der Waals surface area contributed by atoms with Gasteiger partial charge in [-0.1, -0.05) is 30.0 Å². The second kappa shape index (κ2) is 5.14. The quantitative estimate of drug-likeness (QED) is 0.591. The lowest BCUT2D eigenvalue weighted by Crippen LogP contribution is -2.01. The smallest absolute Gasteiger partial charge is 0.175 e. The molecule has 2 aromatic heterocycles. The van der Waals surface area contributed by atoms with Gasteiger partial charge in [0, 0.05) is 22.7 Å². The van der Waals surface area contributed by atoms with E-state index in [-0.39, 0.29) is 5.78 Å². The van der Waals surface area contributed by atoms with Gasteiger partial charge in [0.15, 0.2) is 10.1 Å². The van der Waals surface area contributed by atoms with Crippen molar-refractivity contribution in [2.24, 2.45) is 0 Å². The van der Waals surface area contributed by atoms with Crippen molar-refractivity contribution in [3.05, 3.63) is 41.9 Å². The number of H-pyrrole nitrogens is 1. The molecule has 96 valence electrons. The number of thioether (sulfide) groups is 1. The van der Waals surface area contributed by atoms with Crippen LogP contribution in [0.2, 0.25) is 0 Å². The molecule has 4 nitrogen and oxygen atoms in total. The fourth-order valence-electron chi connectivity index (χ4n) is 1.84. The number of Topliss-reactive ketones (excluding diaryl/α,β-unsaturated/α-hetero) is 1. The summed E-state index contributed by atoms with van der Waals surface area (Å²) in [4.78, 5) is 19.6. The Bertz CT molecular complexity index is 732. The van der Waals surface area contributed by atoms with E-state index in [2.05, 4.69) is 14.3 Å². The molecule has 0 unspecified atom stereocenters. The fourth-order valence-corrected chi connectivity index (χ4v) is 3.37. The number of fused-ring (bicyclic) bond motifs is 1. The first-order chi connectivity index (χ1) is 9.24. The van der Waals surface area contributed by atoms with E-state index in [1.54, 1.807) is 6.20 Å². The van der Waals surface area contributed by atoms with Crippen molar-refractivity contribution in [2.75, 3.05) is 5.75 Å². The summed E-state index contributed by atoms with van der Waals surface area (Å²) in [5.74, 6) is 1.25. The molecule has 1 N–H and O–H groups in total. The second-order valence-electron chi connectivity index (χ2n) is 4.07. The number of hydrogen-bond donors (Lipinski definition) is 1. The van der Waals surface area contributed by atoms with Gasteiger partial charge in [-0.25, -0.2) is 4.98 Å². The highest BCUT2D eigenvalue weighted by atomic mass is 32.2. The Morgan fingerprint density at radius 1 is 1.42 bits per heavy atom. The number of rotatable bonds is 4. The molecule has 0 radical (unpaired) electrons. The molecule has 0 atom stereocenters. The predicted octanol–water partition coefficient (Wildman–Crippen LogP) is 3.30. The summed E-state index contributed by atoms with van der Waals surface area (Å²) in [6.45, 7) is 1.85. The predicted molar refractivity (Wildman–Crippen MR) is 78.0 cm³/mol. The normalized spacial score (nSPS) is 11.0. The number of carbonyl (C=O) groups excluding carboxylic acids is 1. The molecular formula is C13H11N3OS2. The summed E-state index contributed by atoms with van der Waals surface area (Å²) < 4.78 is 4.94. The maximum absolute atomic E-state index is 12.2. The van der Waals surface area contributed by atoms with Gasteiger partial charge in [0.05, 0.1) is 5.75 Å². The van der Waals surface area contributed by atoms with E-state index in [4.69, 9.17) is 0 Å². The average Bonchev–Trinajstić information content (AvgIpc) is 3.02. The number of benzene rings is 1. The van der Waals surface area contributed by atoms with E-state index in [0.717, 1.165) is 26.6 Å². The van der Waals surface area contributed by atoms with Gasteiger partial charge in [0.2, 0.25) is 0 Å². The third kappa shape index (κ3) is 2.54. The lowest BCUT2D eigenvalue weighted by Gasteiger charge is -1.97. The van der Waals surface area contributed by atoms with Crippen LogP contribution in [0, 0.1) is 6.92 Å². The van der Waals surface area contributed by atoms with Gasteiger partial charge in [-0.2, -0.15) is 4.37 Å². The molecule has 6 heteroatoms. The highest BCUT2D eigenvalue weighted by molar-refractivity contribution is 8.01. The van der Waals surface area contributed by atoms with Crippen molar-refractivity contribution in [3.63, 3.8) is 0 Å². The lowest BCUT2D eigenvalue weighted by atomic mass is 10.1. The van der Waals surface area contributed by atoms with Crippen molar-refractivity contribution in [1.82, 2.24) is 14.3 Å². The topological polar surface area (TPSA) is 58.6 Å². The zero-order chi connectivity index (χ0) is 13.2. The molecular weight excluding hydrogens is 278 g/mol. The molecule has 0 bridgehead atoms. The van der Waals surface area contributed by atoms with E-state index in [1.165, 1.54) is 23.3 Å². The monoisotopic (exact) mass is 289 g/mol. The largest absolute Gasteiger partial charge is 0.360 e. The molecule has 0 fully saturated rings. The zero-order valence-electron chi connectivity index (χ0n) is 10.2. The summed E-state index contributed by atoms with van der Waals surface area (Å²) in [7, 11) is 0. The van der Waals surface area contributed by atoms with Crippen LogP contribution in [0.15, 0.2) is 34.8 Å². The molecule has 1 aromatic carbocycles. The maximum atomic E-state index is 12.2. The number of hydrogen-bond acceptors (Lipinski definition) is 5. The summed E-state index contributed by atoms with van der Waals surface area (Å²) in [5.41, 5.74) is 1.73. The molecule has 0 spiro atoms. The molecule has 3 rings (SSSR count). The number of aromatic amines is 1. The van der Waals surface area contributed by atoms with Crippen LogP contribution in [0.5, 0.6) is 0 Å². The van der Waals surface area contributed by atoms with Crippen molar-refractivity contribution < 1.29 is 4.79 Å². The van der Waals surface area contributed by atoms with Crippen molar-refractivity contribution >= 4 is 40.0 Å². The van der Waals surface area contributed by atoms with Crippen LogP contribution in [0.1, 0.15) is 16.2 Å². The zero-order valence-corrected chi connectivity index (χ0v) is 11.8. The fraction of sp³-hybridized carbons (Fsp3) is 0.154. The summed E-state index contributed by atoms with van der Waals surface area (Å²) in [6, 6.07) is 7.81. The van der Waals surface area contributed by atoms with E-state index < -0.39 is 0 Å². The van der Waals surface area contributed by atoms with E-state index in [0.29, 0.717) is 5.75 Å². The Balaban J connectivity index is 1.77. The van der Waals surface area contributed by atoms with Crippen LogP contribution in [-0.4, -0.2) is 25.9 Å². The Labute approximate surface area is 118 Å². The van der Waals surface area contributed by atoms with Crippen LogP contribution >= 0.6 is 23.3 Å². The van der Waals surface area contributed by atoms with Gasteiger partial charge < -0.3 is 4.98 Å². The average molecular weight is 289 g/mol. The minimum Gasteiger partial charge on any atom is -0.360 e. The highest BCUT2D eigenvalue weighted by Gasteiger charge is 2.13. The first-order valence-electron chi connectivity index (χ1n) is 5.76. The Hall–Kier alpha value is -1.66. The highest BCUT2D eigenvalue weighted by Crippen LogP contribution is 2.23. The molecule has 0 aliphatic carbocycles. The standard InChI is InChI=1S/C13H11N3OS2/c1-8-15-13(19-16-8)18-7-12(17)10-6-14-11-5-3-2-4-9(10)11/h2-6,14H,7H2,1H3. The van der Waals surface area contributed by atoms with Crippen LogP contribution in [0.25, 0.3) is 10.9 Å². The molecule has 0 saturated heterocycles. The van der Waals surface area contributed by atoms with E-state index in [1.807, 2.05) is 31.2 Å². The van der Waals surface area contributed by atoms with Crippen molar-refractivity contribution in [3.8, 4) is 0 Å². The van der Waals surface area contributed by atoms with Gasteiger partial charge >= 0.3 is 0 Å². The third-order valence-corrected chi connectivity index (χ3v) is 4.65. The van der Waals surface area contributed by atoms with Gasteiger partial charge in [-0.15, -0.1) is 0 Å². The second-order valence-corrected chi connectivity index (χ2v) is 6.04. The van der Waals surface area contributed by atoms with Crippen molar-refractivity contribution in [1.29, 1.82) is 0 Å². The van der Waals surface area contributed by atoms with Gasteiger partial charge in [0.1, 0.15) is 5.82 Å². The number of carbonyl (C=O) groups is 1. The van der Waals surface area contributed by atoms with Gasteiger partial charge in [-0.3, -0.25) is 4.79 Å². The molecule has 0 aliphatic heterocycles. The van der Waals surface area contributed by atoms with Crippen LogP contribution in [-0.2, 0) is 0 Å². The van der Waals surface area contributed by atoms with E-state index in [9.17, 15) is 4.79 Å². The molecule has 3 aromatic rings. The molecule has 2 heterocycles. The minimum atomic E-state index is 0.107. The van der Waals surface area contributed by atoms with Crippen LogP contribution in [0.3, 0.4) is 0 Å². The summed E-state index contributed by atoms with van der Waals surface area (Å²) in [5, 5.41) is 0.974. The maximum Gasteiger partial charge on any atom is 0.175 e. The molecule has 0 aliphatic rings. The number of aromatic nitrogens is 3. The minimum absolute atomic E-state index is 0.107. The molecule has 0 amide bonds. The van der Waals surface area contributed by atoms with Crippen LogP contribution in [0.4, 0.5) is 0 Å². The summed E-state index contributed by atoms with van der Waals surface area (Å²) in [6.07, 6.45) is 1.78. The number of aryl methyl sites for hydroxylation is 1. The lowest BCUT2D eigenvalue weighted by molar-refractivity contribution is 0.102. The van der Waals surface area contributed by atoms with Gasteiger partial charge in [0.25, 0.3) is 0 Å².